The van der Waals surface area contributed by atoms with Gasteiger partial charge in [-0.05, 0) is 36.0 Å². The Kier molecular flexibility index (Phi) is 0.427. The highest BCUT2D eigenvalue weighted by atomic mass is 14.8. The lowest BCUT2D eigenvalue weighted by atomic mass is 9.80. The second-order valence-corrected chi connectivity index (χ2v) is 3.95. The lowest BCUT2D eigenvalue weighted by molar-refractivity contribution is 0.247. The molecule has 0 spiro atoms. The van der Waals surface area contributed by atoms with E-state index in [0.717, 1.165) is 5.92 Å². The van der Waals surface area contributed by atoms with E-state index in [1.807, 2.05) is 0 Å². The van der Waals surface area contributed by atoms with Crippen LogP contribution in [0, 0.1) is 29.6 Å². The summed E-state index contributed by atoms with van der Waals surface area (Å²) >= 11 is 0. The summed E-state index contributed by atoms with van der Waals surface area (Å²) in [6, 6.07) is 0. The van der Waals surface area contributed by atoms with Gasteiger partial charge >= 0.3 is 0 Å². The van der Waals surface area contributed by atoms with Gasteiger partial charge in [-0.3, -0.25) is 0 Å². The Balaban J connectivity index is 1.89. The standard InChI is InChI=1S/C8H12/c1-4-2-3-5-7-6(4)8(5)7/h4-8H,2-3H2,1H3/t4?,5?,6?,7-,8?/m0/s1. The lowest BCUT2D eigenvalue weighted by Crippen LogP contribution is -2.17. The third-order valence-electron chi connectivity index (χ3n) is 3.65. The van der Waals surface area contributed by atoms with Crippen LogP contribution in [0.3, 0.4) is 0 Å². The molecule has 8 heavy (non-hydrogen) atoms. The molecule has 4 aliphatic carbocycles. The highest BCUT2D eigenvalue weighted by Crippen LogP contribution is 2.80. The number of fused-ring (bicyclic) bond motifs is 2. The Hall–Kier alpha value is 0. The predicted molar refractivity (Wildman–Crippen MR) is 32.4 cm³/mol. The molecule has 5 atom stereocenters. The molecule has 4 rings (SSSR count). The van der Waals surface area contributed by atoms with Gasteiger partial charge in [0.25, 0.3) is 0 Å². The molecule has 44 valence electrons. The fourth-order valence-corrected chi connectivity index (χ4v) is 3.03. The molecule has 0 nitrogen and oxygen atoms in total. The molecule has 4 saturated carbocycles. The summed E-state index contributed by atoms with van der Waals surface area (Å²) in [5.41, 5.74) is 0. The average Bonchev–Trinajstić information content (AvgIpc) is 2.48. The zero-order valence-corrected chi connectivity index (χ0v) is 5.30. The van der Waals surface area contributed by atoms with Crippen LogP contribution in [0.1, 0.15) is 19.8 Å². The summed E-state index contributed by atoms with van der Waals surface area (Å²) in [5, 5.41) is 0. The molecule has 0 radical (unpaired) electrons. The Morgan fingerprint density at radius 2 is 1.75 bits per heavy atom. The van der Waals surface area contributed by atoms with Crippen LogP contribution in [0.15, 0.2) is 0 Å². The first-order valence-corrected chi connectivity index (χ1v) is 3.89. The van der Waals surface area contributed by atoms with Crippen molar-refractivity contribution < 1.29 is 0 Å². The van der Waals surface area contributed by atoms with Gasteiger partial charge in [0.2, 0.25) is 0 Å². The van der Waals surface area contributed by atoms with Crippen LogP contribution in [0.4, 0.5) is 0 Å². The van der Waals surface area contributed by atoms with E-state index in [0.29, 0.717) is 0 Å². The topological polar surface area (TPSA) is 0 Å². The molecule has 0 aromatic heterocycles. The van der Waals surface area contributed by atoms with E-state index >= 15 is 0 Å². The lowest BCUT2D eigenvalue weighted by Gasteiger charge is -2.25. The van der Waals surface area contributed by atoms with Crippen LogP contribution < -0.4 is 0 Å². The zero-order chi connectivity index (χ0) is 5.30. The van der Waals surface area contributed by atoms with E-state index < -0.39 is 0 Å². The third kappa shape index (κ3) is 0.240. The van der Waals surface area contributed by atoms with Crippen molar-refractivity contribution in [1.29, 1.82) is 0 Å². The molecular weight excluding hydrogens is 96.1 g/mol. The quantitative estimate of drug-likeness (QED) is 0.444. The van der Waals surface area contributed by atoms with E-state index in [-0.39, 0.29) is 0 Å². The van der Waals surface area contributed by atoms with Gasteiger partial charge in [-0.1, -0.05) is 13.3 Å². The summed E-state index contributed by atoms with van der Waals surface area (Å²) in [7, 11) is 0. The normalized spacial score (nSPS) is 73.9. The molecular formula is C8H12. The first kappa shape index (κ1) is 3.92. The summed E-state index contributed by atoms with van der Waals surface area (Å²) in [5.74, 6) is 6.11. The van der Waals surface area contributed by atoms with E-state index in [1.54, 1.807) is 12.8 Å². The molecule has 0 amide bonds. The van der Waals surface area contributed by atoms with Crippen molar-refractivity contribution in [3.05, 3.63) is 0 Å². The van der Waals surface area contributed by atoms with Crippen molar-refractivity contribution in [1.82, 2.24) is 0 Å². The molecule has 0 aromatic carbocycles. The second-order valence-electron chi connectivity index (χ2n) is 3.95. The molecule has 0 heteroatoms. The zero-order valence-electron chi connectivity index (χ0n) is 5.30. The number of hydrogen-bond donors (Lipinski definition) is 0. The minimum atomic E-state index is 1.11. The maximum absolute atomic E-state index is 2.44. The Bertz CT molecular complexity index is 129. The van der Waals surface area contributed by atoms with Gasteiger partial charge in [0.1, 0.15) is 0 Å². The van der Waals surface area contributed by atoms with Crippen molar-refractivity contribution >= 4 is 0 Å². The van der Waals surface area contributed by atoms with Crippen LogP contribution in [0.25, 0.3) is 0 Å². The smallest absolute Gasteiger partial charge is 0.0315 e. The van der Waals surface area contributed by atoms with Crippen LogP contribution in [-0.2, 0) is 0 Å². The Morgan fingerprint density at radius 1 is 1.00 bits per heavy atom. The molecule has 0 heterocycles. The fourth-order valence-electron chi connectivity index (χ4n) is 3.03. The molecule has 0 N–H and O–H groups in total. The highest BCUT2D eigenvalue weighted by molar-refractivity contribution is 5.22. The van der Waals surface area contributed by atoms with Gasteiger partial charge in [-0.25, -0.2) is 0 Å². The van der Waals surface area contributed by atoms with Crippen LogP contribution >= 0.6 is 0 Å². The minimum absolute atomic E-state index is 1.11. The van der Waals surface area contributed by atoms with Gasteiger partial charge in [-0.2, -0.15) is 0 Å². The van der Waals surface area contributed by atoms with Crippen molar-refractivity contribution in [3.8, 4) is 0 Å². The SMILES string of the molecule is CC1CCC2C3C1[C@H]23. The third-order valence-corrected chi connectivity index (χ3v) is 3.65. The van der Waals surface area contributed by atoms with Crippen molar-refractivity contribution in [3.63, 3.8) is 0 Å². The van der Waals surface area contributed by atoms with Crippen molar-refractivity contribution in [2.24, 2.45) is 29.6 Å². The van der Waals surface area contributed by atoms with Gasteiger partial charge in [0.15, 0.2) is 0 Å². The first-order valence-electron chi connectivity index (χ1n) is 3.89. The molecule has 4 aliphatic rings. The first-order chi connectivity index (χ1) is 3.89. The molecule has 4 fully saturated rings. The Morgan fingerprint density at radius 3 is 2.12 bits per heavy atom. The summed E-state index contributed by atoms with van der Waals surface area (Å²) < 4.78 is 0. The maximum atomic E-state index is 2.44. The molecule has 4 unspecified atom stereocenters. The maximum Gasteiger partial charge on any atom is -0.0315 e. The Labute approximate surface area is 50.3 Å². The van der Waals surface area contributed by atoms with Crippen LogP contribution in [0.5, 0.6) is 0 Å². The summed E-state index contributed by atoms with van der Waals surface area (Å²) in [4.78, 5) is 0. The monoisotopic (exact) mass is 108 g/mol. The van der Waals surface area contributed by atoms with E-state index in [4.69, 9.17) is 0 Å². The van der Waals surface area contributed by atoms with Gasteiger partial charge < -0.3 is 0 Å². The predicted octanol–water partition coefficient (Wildman–Crippen LogP) is 1.91. The second kappa shape index (κ2) is 0.872. The molecule has 2 bridgehead atoms. The molecule has 0 saturated heterocycles. The van der Waals surface area contributed by atoms with Crippen LogP contribution in [-0.4, -0.2) is 0 Å². The highest BCUT2D eigenvalue weighted by Gasteiger charge is 2.75. The number of rotatable bonds is 0. The van der Waals surface area contributed by atoms with Crippen LogP contribution in [0.2, 0.25) is 0 Å². The van der Waals surface area contributed by atoms with E-state index in [1.165, 1.54) is 23.7 Å². The van der Waals surface area contributed by atoms with E-state index in [9.17, 15) is 0 Å². The van der Waals surface area contributed by atoms with Crippen molar-refractivity contribution in [2.45, 2.75) is 19.8 Å². The van der Waals surface area contributed by atoms with Gasteiger partial charge in [0, 0.05) is 0 Å². The number of hydrogen-bond acceptors (Lipinski definition) is 0. The van der Waals surface area contributed by atoms with Gasteiger partial charge in [0.05, 0.1) is 0 Å². The van der Waals surface area contributed by atoms with Crippen molar-refractivity contribution in [2.75, 3.05) is 0 Å². The largest absolute Gasteiger partial charge is 0.0622 e. The fraction of sp³-hybridized carbons (Fsp3) is 1.00. The summed E-state index contributed by atoms with van der Waals surface area (Å²) in [6.45, 7) is 2.44. The molecule has 0 aromatic rings. The average molecular weight is 108 g/mol. The van der Waals surface area contributed by atoms with E-state index in [2.05, 4.69) is 6.92 Å². The summed E-state index contributed by atoms with van der Waals surface area (Å²) in [6.07, 6.45) is 3.12. The van der Waals surface area contributed by atoms with Gasteiger partial charge in [-0.15, -0.1) is 0 Å². The minimum Gasteiger partial charge on any atom is -0.0622 e. The molecule has 0 aliphatic heterocycles.